The zero-order valence-corrected chi connectivity index (χ0v) is 9.34. The number of anilines is 1. The SMILES string of the molecule is Cc1nc(Cl)cc(N2CC[C@@H](CF)C2)n1. The van der Waals surface area contributed by atoms with E-state index in [9.17, 15) is 4.39 Å². The molecule has 0 bridgehead atoms. The smallest absolute Gasteiger partial charge is 0.134 e. The number of hydrogen-bond donors (Lipinski definition) is 0. The van der Waals surface area contributed by atoms with E-state index in [0.717, 1.165) is 25.3 Å². The molecule has 5 heteroatoms. The van der Waals surface area contributed by atoms with Gasteiger partial charge in [-0.3, -0.25) is 4.39 Å². The van der Waals surface area contributed by atoms with Gasteiger partial charge in [0.1, 0.15) is 16.8 Å². The third kappa shape index (κ3) is 2.37. The number of alkyl halides is 1. The predicted octanol–water partition coefficient (Wildman–Crippen LogP) is 2.23. The lowest BCUT2D eigenvalue weighted by atomic mass is 10.1. The molecule has 1 aliphatic rings. The number of aryl methyl sites for hydroxylation is 1. The van der Waals surface area contributed by atoms with Crippen molar-refractivity contribution in [2.75, 3.05) is 24.7 Å². The van der Waals surface area contributed by atoms with Crippen molar-refractivity contribution in [2.45, 2.75) is 13.3 Å². The number of aromatic nitrogens is 2. The van der Waals surface area contributed by atoms with Crippen molar-refractivity contribution in [2.24, 2.45) is 5.92 Å². The second kappa shape index (κ2) is 4.31. The topological polar surface area (TPSA) is 29.0 Å². The summed E-state index contributed by atoms with van der Waals surface area (Å²) in [6.07, 6.45) is 0.886. The maximum Gasteiger partial charge on any atom is 0.134 e. The third-order valence-corrected chi connectivity index (χ3v) is 2.81. The summed E-state index contributed by atoms with van der Waals surface area (Å²) in [4.78, 5) is 10.4. The normalized spacial score (nSPS) is 21.0. The van der Waals surface area contributed by atoms with Crippen LogP contribution in [-0.2, 0) is 0 Å². The Balaban J connectivity index is 2.16. The fraction of sp³-hybridized carbons (Fsp3) is 0.600. The molecule has 0 unspecified atom stereocenters. The second-order valence-electron chi connectivity index (χ2n) is 3.85. The van der Waals surface area contributed by atoms with E-state index in [1.54, 1.807) is 13.0 Å². The minimum atomic E-state index is -0.256. The molecule has 1 aromatic heterocycles. The average molecular weight is 230 g/mol. The van der Waals surface area contributed by atoms with Crippen molar-refractivity contribution >= 4 is 17.4 Å². The molecular weight excluding hydrogens is 217 g/mol. The lowest BCUT2D eigenvalue weighted by molar-refractivity contribution is 0.384. The predicted molar refractivity (Wildman–Crippen MR) is 58.1 cm³/mol. The lowest BCUT2D eigenvalue weighted by Gasteiger charge is -2.17. The van der Waals surface area contributed by atoms with Gasteiger partial charge in [0.15, 0.2) is 0 Å². The fourth-order valence-electron chi connectivity index (χ4n) is 1.85. The van der Waals surface area contributed by atoms with E-state index < -0.39 is 0 Å². The van der Waals surface area contributed by atoms with Gasteiger partial charge in [-0.25, -0.2) is 9.97 Å². The Morgan fingerprint density at radius 3 is 3.00 bits per heavy atom. The van der Waals surface area contributed by atoms with Gasteiger partial charge in [-0.15, -0.1) is 0 Å². The molecule has 0 spiro atoms. The zero-order valence-electron chi connectivity index (χ0n) is 8.58. The second-order valence-corrected chi connectivity index (χ2v) is 4.24. The molecule has 1 aliphatic heterocycles. The van der Waals surface area contributed by atoms with Crippen LogP contribution < -0.4 is 4.90 Å². The first-order chi connectivity index (χ1) is 7.19. The Morgan fingerprint density at radius 1 is 1.60 bits per heavy atom. The molecule has 2 heterocycles. The standard InChI is InChI=1S/C10H13ClFN3/c1-7-13-9(11)4-10(14-7)15-3-2-8(5-12)6-15/h4,8H,2-3,5-6H2,1H3/t8-/m0/s1. The minimum Gasteiger partial charge on any atom is -0.356 e. The molecule has 3 nitrogen and oxygen atoms in total. The summed E-state index contributed by atoms with van der Waals surface area (Å²) in [5.41, 5.74) is 0. The van der Waals surface area contributed by atoms with E-state index in [-0.39, 0.29) is 12.6 Å². The van der Waals surface area contributed by atoms with E-state index in [2.05, 4.69) is 14.9 Å². The lowest BCUT2D eigenvalue weighted by Crippen LogP contribution is -2.21. The quantitative estimate of drug-likeness (QED) is 0.729. The number of hydrogen-bond acceptors (Lipinski definition) is 3. The summed E-state index contributed by atoms with van der Waals surface area (Å²) in [7, 11) is 0. The first-order valence-electron chi connectivity index (χ1n) is 5.01. The molecule has 1 atom stereocenters. The van der Waals surface area contributed by atoms with Gasteiger partial charge in [0.2, 0.25) is 0 Å². The van der Waals surface area contributed by atoms with Crippen molar-refractivity contribution in [3.8, 4) is 0 Å². The van der Waals surface area contributed by atoms with Crippen LogP contribution in [0.3, 0.4) is 0 Å². The molecule has 0 saturated carbocycles. The summed E-state index contributed by atoms with van der Waals surface area (Å²) in [5, 5.41) is 0.446. The summed E-state index contributed by atoms with van der Waals surface area (Å²) >= 11 is 5.85. The molecule has 1 aromatic rings. The van der Waals surface area contributed by atoms with Crippen LogP contribution in [0.5, 0.6) is 0 Å². The van der Waals surface area contributed by atoms with Crippen LogP contribution in [-0.4, -0.2) is 29.7 Å². The first kappa shape index (κ1) is 10.6. The summed E-state index contributed by atoms with van der Waals surface area (Å²) < 4.78 is 12.5. The molecule has 1 fully saturated rings. The Morgan fingerprint density at radius 2 is 2.40 bits per heavy atom. The molecule has 0 N–H and O–H groups in total. The number of halogens is 2. The summed E-state index contributed by atoms with van der Waals surface area (Å²) in [5.74, 6) is 1.60. The van der Waals surface area contributed by atoms with Gasteiger partial charge >= 0.3 is 0 Å². The zero-order chi connectivity index (χ0) is 10.8. The largest absolute Gasteiger partial charge is 0.356 e. The maximum atomic E-state index is 12.5. The van der Waals surface area contributed by atoms with Gasteiger partial charge in [0.05, 0.1) is 6.67 Å². The van der Waals surface area contributed by atoms with Crippen molar-refractivity contribution < 1.29 is 4.39 Å². The molecule has 0 amide bonds. The van der Waals surface area contributed by atoms with Gasteiger partial charge in [-0.2, -0.15) is 0 Å². The Hall–Kier alpha value is -0.900. The maximum absolute atomic E-state index is 12.5. The van der Waals surface area contributed by atoms with Gasteiger partial charge < -0.3 is 4.90 Å². The minimum absolute atomic E-state index is 0.138. The summed E-state index contributed by atoms with van der Waals surface area (Å²) in [6, 6.07) is 1.73. The number of rotatable bonds is 2. The Labute approximate surface area is 93.3 Å². The van der Waals surface area contributed by atoms with E-state index in [0.29, 0.717) is 11.0 Å². The van der Waals surface area contributed by atoms with Crippen LogP contribution in [0.1, 0.15) is 12.2 Å². The van der Waals surface area contributed by atoms with Crippen LogP contribution in [0.2, 0.25) is 5.15 Å². The Bertz CT molecular complexity index is 338. The van der Waals surface area contributed by atoms with Gasteiger partial charge in [-0.05, 0) is 13.3 Å². The highest BCUT2D eigenvalue weighted by atomic mass is 35.5. The molecular formula is C10H13ClFN3. The first-order valence-corrected chi connectivity index (χ1v) is 5.39. The van der Waals surface area contributed by atoms with Crippen LogP contribution in [0.15, 0.2) is 6.07 Å². The van der Waals surface area contributed by atoms with E-state index in [1.807, 2.05) is 0 Å². The molecule has 82 valence electrons. The average Bonchev–Trinajstić information content (AvgIpc) is 2.64. The molecule has 15 heavy (non-hydrogen) atoms. The van der Waals surface area contributed by atoms with Crippen molar-refractivity contribution in [1.82, 2.24) is 9.97 Å². The van der Waals surface area contributed by atoms with Gasteiger partial charge in [-0.1, -0.05) is 11.6 Å². The van der Waals surface area contributed by atoms with Crippen LogP contribution in [0, 0.1) is 12.8 Å². The monoisotopic (exact) mass is 229 g/mol. The van der Waals surface area contributed by atoms with E-state index in [1.165, 1.54) is 0 Å². The Kier molecular flexibility index (Phi) is 3.05. The highest BCUT2D eigenvalue weighted by Gasteiger charge is 2.23. The highest BCUT2D eigenvalue weighted by Crippen LogP contribution is 2.23. The van der Waals surface area contributed by atoms with E-state index >= 15 is 0 Å². The molecule has 0 aromatic carbocycles. The summed E-state index contributed by atoms with van der Waals surface area (Å²) in [6.45, 7) is 3.12. The third-order valence-electron chi connectivity index (χ3n) is 2.62. The van der Waals surface area contributed by atoms with Crippen molar-refractivity contribution in [3.63, 3.8) is 0 Å². The molecule has 0 radical (unpaired) electrons. The van der Waals surface area contributed by atoms with Gasteiger partial charge in [0, 0.05) is 25.1 Å². The van der Waals surface area contributed by atoms with Crippen molar-refractivity contribution in [1.29, 1.82) is 0 Å². The molecule has 0 aliphatic carbocycles. The van der Waals surface area contributed by atoms with E-state index in [4.69, 9.17) is 11.6 Å². The fourth-order valence-corrected chi connectivity index (χ4v) is 2.07. The van der Waals surface area contributed by atoms with Crippen molar-refractivity contribution in [3.05, 3.63) is 17.0 Å². The van der Waals surface area contributed by atoms with Crippen LogP contribution in [0.4, 0.5) is 10.2 Å². The highest BCUT2D eigenvalue weighted by molar-refractivity contribution is 6.29. The van der Waals surface area contributed by atoms with Crippen LogP contribution >= 0.6 is 11.6 Å². The van der Waals surface area contributed by atoms with Gasteiger partial charge in [0.25, 0.3) is 0 Å². The molecule has 2 rings (SSSR count). The molecule has 1 saturated heterocycles. The number of nitrogens with zero attached hydrogens (tertiary/aromatic N) is 3. The van der Waals surface area contributed by atoms with Crippen LogP contribution in [0.25, 0.3) is 0 Å².